The molecule has 140 valence electrons. The Hall–Kier alpha value is -2.60. The Kier molecular flexibility index (Phi) is 7.41. The number of carbonyl (C=O) groups excluding carboxylic acids is 1. The maximum atomic E-state index is 12.0. The number of ether oxygens (including phenoxy) is 3. The summed E-state index contributed by atoms with van der Waals surface area (Å²) >= 11 is 5.97. The Balaban J connectivity index is 1.81. The van der Waals surface area contributed by atoms with Crippen molar-refractivity contribution < 1.29 is 19.0 Å². The lowest BCUT2D eigenvalue weighted by Gasteiger charge is -2.12. The fourth-order valence-electron chi connectivity index (χ4n) is 2.44. The molecule has 0 heterocycles. The summed E-state index contributed by atoms with van der Waals surface area (Å²) in [5.74, 6) is 1.87. The zero-order valence-corrected chi connectivity index (χ0v) is 15.9. The van der Waals surface area contributed by atoms with Crippen LogP contribution in [0.3, 0.4) is 0 Å². The quantitative estimate of drug-likeness (QED) is 0.701. The molecule has 0 unspecified atom stereocenters. The predicted octanol–water partition coefficient (Wildman–Crippen LogP) is 3.14. The highest BCUT2D eigenvalue weighted by molar-refractivity contribution is 6.30. The number of hydrogen-bond acceptors (Lipinski definition) is 5. The Morgan fingerprint density at radius 3 is 2.35 bits per heavy atom. The van der Waals surface area contributed by atoms with Gasteiger partial charge in [-0.2, -0.15) is 0 Å². The second kappa shape index (κ2) is 9.77. The number of halogens is 1. The van der Waals surface area contributed by atoms with Gasteiger partial charge in [0.15, 0.2) is 11.5 Å². The van der Waals surface area contributed by atoms with Gasteiger partial charge < -0.3 is 24.8 Å². The van der Waals surface area contributed by atoms with Crippen molar-refractivity contribution in [2.45, 2.75) is 6.42 Å². The minimum atomic E-state index is -0.118. The first kappa shape index (κ1) is 19.7. The molecule has 0 aliphatic carbocycles. The standard InChI is InChI=1S/C19H23ClN2O4/c1-24-16-7-5-14(20)11-15(16)22-12-19(23)21-9-8-13-4-6-17(25-2)18(10-13)26-3/h4-7,10-11,22H,8-9,12H2,1-3H3,(H,21,23). The van der Waals surface area contributed by atoms with Crippen molar-refractivity contribution in [1.29, 1.82) is 0 Å². The lowest BCUT2D eigenvalue weighted by atomic mass is 10.1. The third-order valence-corrected chi connectivity index (χ3v) is 4.02. The first-order valence-corrected chi connectivity index (χ1v) is 8.50. The molecular weight excluding hydrogens is 356 g/mol. The summed E-state index contributed by atoms with van der Waals surface area (Å²) in [6, 6.07) is 10.9. The molecule has 2 rings (SSSR count). The summed E-state index contributed by atoms with van der Waals surface area (Å²) in [4.78, 5) is 12.0. The van der Waals surface area contributed by atoms with Crippen molar-refractivity contribution in [3.63, 3.8) is 0 Å². The average molecular weight is 379 g/mol. The van der Waals surface area contributed by atoms with Crippen LogP contribution in [0.5, 0.6) is 17.2 Å². The molecule has 0 saturated heterocycles. The molecule has 7 heteroatoms. The van der Waals surface area contributed by atoms with E-state index < -0.39 is 0 Å². The average Bonchev–Trinajstić information content (AvgIpc) is 2.66. The van der Waals surface area contributed by atoms with Gasteiger partial charge in [0, 0.05) is 11.6 Å². The van der Waals surface area contributed by atoms with Crippen molar-refractivity contribution >= 4 is 23.2 Å². The van der Waals surface area contributed by atoms with Crippen LogP contribution in [0.2, 0.25) is 5.02 Å². The molecule has 26 heavy (non-hydrogen) atoms. The van der Waals surface area contributed by atoms with E-state index in [0.717, 1.165) is 5.56 Å². The van der Waals surface area contributed by atoms with Crippen molar-refractivity contribution in [2.75, 3.05) is 39.7 Å². The predicted molar refractivity (Wildman–Crippen MR) is 103 cm³/mol. The molecule has 0 saturated carbocycles. The first-order valence-electron chi connectivity index (χ1n) is 8.12. The SMILES string of the molecule is COc1ccc(Cl)cc1NCC(=O)NCCc1ccc(OC)c(OC)c1. The number of nitrogens with one attached hydrogen (secondary N) is 2. The highest BCUT2D eigenvalue weighted by Gasteiger charge is 2.07. The molecule has 0 atom stereocenters. The van der Waals surface area contributed by atoms with E-state index in [2.05, 4.69) is 10.6 Å². The lowest BCUT2D eigenvalue weighted by Crippen LogP contribution is -2.31. The van der Waals surface area contributed by atoms with E-state index in [0.29, 0.717) is 40.9 Å². The summed E-state index contributed by atoms with van der Waals surface area (Å²) in [6.07, 6.45) is 0.687. The number of amides is 1. The van der Waals surface area contributed by atoms with Crippen molar-refractivity contribution in [2.24, 2.45) is 0 Å². The summed E-state index contributed by atoms with van der Waals surface area (Å²) in [6.45, 7) is 0.644. The number of methoxy groups -OCH3 is 3. The zero-order chi connectivity index (χ0) is 18.9. The minimum absolute atomic E-state index is 0.118. The van der Waals surface area contributed by atoms with Gasteiger partial charge in [-0.15, -0.1) is 0 Å². The molecule has 0 spiro atoms. The summed E-state index contributed by atoms with van der Waals surface area (Å²) in [7, 11) is 4.76. The van der Waals surface area contributed by atoms with Gasteiger partial charge in [-0.3, -0.25) is 4.79 Å². The normalized spacial score (nSPS) is 10.2. The molecule has 2 aromatic rings. The van der Waals surface area contributed by atoms with Gasteiger partial charge in [-0.1, -0.05) is 17.7 Å². The number of anilines is 1. The molecule has 2 N–H and O–H groups in total. The van der Waals surface area contributed by atoms with Gasteiger partial charge >= 0.3 is 0 Å². The van der Waals surface area contributed by atoms with Crippen molar-refractivity contribution in [3.8, 4) is 17.2 Å². The number of rotatable bonds is 9. The molecule has 0 radical (unpaired) electrons. The van der Waals surface area contributed by atoms with Crippen molar-refractivity contribution in [1.82, 2.24) is 5.32 Å². The van der Waals surface area contributed by atoms with E-state index in [1.807, 2.05) is 18.2 Å². The molecule has 1 amide bonds. The topological polar surface area (TPSA) is 68.8 Å². The lowest BCUT2D eigenvalue weighted by molar-refractivity contribution is -0.119. The zero-order valence-electron chi connectivity index (χ0n) is 15.1. The Morgan fingerprint density at radius 1 is 0.962 bits per heavy atom. The number of hydrogen-bond donors (Lipinski definition) is 2. The smallest absolute Gasteiger partial charge is 0.239 e. The molecule has 6 nitrogen and oxygen atoms in total. The first-order chi connectivity index (χ1) is 12.6. The largest absolute Gasteiger partial charge is 0.495 e. The molecule has 2 aromatic carbocycles. The molecule has 0 fully saturated rings. The Labute approximate surface area is 158 Å². The van der Waals surface area contributed by atoms with E-state index in [-0.39, 0.29) is 12.5 Å². The van der Waals surface area contributed by atoms with Crippen LogP contribution in [0.15, 0.2) is 36.4 Å². The highest BCUT2D eigenvalue weighted by atomic mass is 35.5. The molecule has 0 aliphatic heterocycles. The van der Waals surface area contributed by atoms with Crippen LogP contribution in [0.1, 0.15) is 5.56 Å². The van der Waals surface area contributed by atoms with Gasteiger partial charge in [0.2, 0.25) is 5.91 Å². The molecule has 0 aliphatic rings. The third-order valence-electron chi connectivity index (χ3n) is 3.78. The van der Waals surface area contributed by atoms with E-state index in [1.54, 1.807) is 39.5 Å². The second-order valence-corrected chi connectivity index (χ2v) is 5.92. The van der Waals surface area contributed by atoms with Crippen LogP contribution in [0, 0.1) is 0 Å². The van der Waals surface area contributed by atoms with Crippen LogP contribution >= 0.6 is 11.6 Å². The monoisotopic (exact) mass is 378 g/mol. The van der Waals surface area contributed by atoms with Gasteiger partial charge in [0.1, 0.15) is 5.75 Å². The summed E-state index contributed by atoms with van der Waals surface area (Å²) < 4.78 is 15.7. The van der Waals surface area contributed by atoms with E-state index in [4.69, 9.17) is 25.8 Å². The fraction of sp³-hybridized carbons (Fsp3) is 0.316. The van der Waals surface area contributed by atoms with Crippen LogP contribution in [0.4, 0.5) is 5.69 Å². The van der Waals surface area contributed by atoms with Crippen LogP contribution in [-0.4, -0.2) is 40.3 Å². The number of carbonyl (C=O) groups is 1. The van der Waals surface area contributed by atoms with E-state index in [1.165, 1.54) is 0 Å². The van der Waals surface area contributed by atoms with Gasteiger partial charge in [-0.25, -0.2) is 0 Å². The Morgan fingerprint density at radius 2 is 1.65 bits per heavy atom. The van der Waals surface area contributed by atoms with Gasteiger partial charge in [0.25, 0.3) is 0 Å². The fourth-order valence-corrected chi connectivity index (χ4v) is 2.61. The van der Waals surface area contributed by atoms with E-state index in [9.17, 15) is 4.79 Å². The maximum absolute atomic E-state index is 12.0. The highest BCUT2D eigenvalue weighted by Crippen LogP contribution is 2.28. The maximum Gasteiger partial charge on any atom is 0.239 e. The third kappa shape index (κ3) is 5.46. The number of benzene rings is 2. The van der Waals surface area contributed by atoms with Crippen LogP contribution in [-0.2, 0) is 11.2 Å². The second-order valence-electron chi connectivity index (χ2n) is 5.49. The van der Waals surface area contributed by atoms with Crippen LogP contribution in [0.25, 0.3) is 0 Å². The van der Waals surface area contributed by atoms with Gasteiger partial charge in [-0.05, 0) is 42.3 Å². The Bertz CT molecular complexity index is 752. The summed E-state index contributed by atoms with van der Waals surface area (Å²) in [5, 5.41) is 6.47. The summed E-state index contributed by atoms with van der Waals surface area (Å²) in [5.41, 5.74) is 1.72. The van der Waals surface area contributed by atoms with E-state index >= 15 is 0 Å². The van der Waals surface area contributed by atoms with Crippen molar-refractivity contribution in [3.05, 3.63) is 47.0 Å². The molecule has 0 aromatic heterocycles. The molecule has 0 bridgehead atoms. The van der Waals surface area contributed by atoms with Gasteiger partial charge in [0.05, 0.1) is 33.6 Å². The minimum Gasteiger partial charge on any atom is -0.495 e. The molecular formula is C19H23ClN2O4. The van der Waals surface area contributed by atoms with Crippen LogP contribution < -0.4 is 24.8 Å².